The number of urea groups is 1. The number of hydrogen-bond donors (Lipinski definition) is 2. The Hall–Kier alpha value is -1.56. The number of β-amino-alcohol motifs (C(OH)–C–C–N with tert-alkyl or cyclic N) is 1. The van der Waals surface area contributed by atoms with Crippen molar-refractivity contribution in [3.63, 3.8) is 0 Å². The van der Waals surface area contributed by atoms with Crippen molar-refractivity contribution in [2.45, 2.75) is 39.3 Å². The van der Waals surface area contributed by atoms with Gasteiger partial charge in [-0.25, -0.2) is 4.79 Å². The Balaban J connectivity index is 1.84. The second-order valence-electron chi connectivity index (χ2n) is 5.47. The molecule has 6 heteroatoms. The molecule has 19 heavy (non-hydrogen) atoms. The summed E-state index contributed by atoms with van der Waals surface area (Å²) >= 11 is 0. The Labute approximate surface area is 113 Å². The number of aliphatic hydroxyl groups is 1. The van der Waals surface area contributed by atoms with Gasteiger partial charge in [-0.05, 0) is 18.8 Å². The Morgan fingerprint density at radius 2 is 2.42 bits per heavy atom. The number of rotatable bonds is 4. The number of carbonyl (C=O) groups excluding carboxylic acids is 1. The predicted octanol–water partition coefficient (Wildman–Crippen LogP) is 1.53. The lowest BCUT2D eigenvalue weighted by Crippen LogP contribution is -2.33. The number of aryl methyl sites for hydroxylation is 1. The van der Waals surface area contributed by atoms with E-state index >= 15 is 0 Å². The lowest BCUT2D eigenvalue weighted by molar-refractivity contribution is 0.176. The zero-order valence-corrected chi connectivity index (χ0v) is 11.5. The molecular formula is C13H22N4O2. The van der Waals surface area contributed by atoms with E-state index in [1.165, 1.54) is 0 Å². The molecule has 1 aromatic heterocycles. The molecule has 1 aliphatic rings. The Kier molecular flexibility index (Phi) is 4.42. The second-order valence-corrected chi connectivity index (χ2v) is 5.47. The topological polar surface area (TPSA) is 70.4 Å². The minimum absolute atomic E-state index is 0.189. The van der Waals surface area contributed by atoms with Crippen molar-refractivity contribution >= 4 is 11.8 Å². The van der Waals surface area contributed by atoms with Gasteiger partial charge in [0.05, 0.1) is 6.10 Å². The third-order valence-electron chi connectivity index (χ3n) is 3.26. The van der Waals surface area contributed by atoms with Gasteiger partial charge in [-0.1, -0.05) is 13.8 Å². The summed E-state index contributed by atoms with van der Waals surface area (Å²) in [6.45, 7) is 6.20. The monoisotopic (exact) mass is 266 g/mol. The number of aliphatic hydroxyl groups excluding tert-OH is 1. The van der Waals surface area contributed by atoms with E-state index in [0.29, 0.717) is 31.2 Å². The molecule has 1 aliphatic heterocycles. The van der Waals surface area contributed by atoms with Gasteiger partial charge in [0.25, 0.3) is 0 Å². The molecule has 6 nitrogen and oxygen atoms in total. The van der Waals surface area contributed by atoms with Crippen LogP contribution in [0.4, 0.5) is 10.6 Å². The lowest BCUT2D eigenvalue weighted by atomic mass is 10.1. The fourth-order valence-electron chi connectivity index (χ4n) is 2.06. The van der Waals surface area contributed by atoms with Gasteiger partial charge >= 0.3 is 6.03 Å². The van der Waals surface area contributed by atoms with Gasteiger partial charge in [0, 0.05) is 31.9 Å². The Bertz CT molecular complexity index is 430. The number of nitrogens with zero attached hydrogens (tertiary/aromatic N) is 3. The molecule has 0 radical (unpaired) electrons. The number of anilines is 1. The van der Waals surface area contributed by atoms with Gasteiger partial charge in [0.15, 0.2) is 5.82 Å². The average molecular weight is 266 g/mol. The van der Waals surface area contributed by atoms with Crippen LogP contribution in [0.1, 0.15) is 26.7 Å². The van der Waals surface area contributed by atoms with E-state index in [9.17, 15) is 9.90 Å². The number of likely N-dealkylation sites (tertiary alicyclic amines) is 1. The normalized spacial score (nSPS) is 19.2. The van der Waals surface area contributed by atoms with Gasteiger partial charge in [-0.2, -0.15) is 5.10 Å². The number of hydrogen-bond acceptors (Lipinski definition) is 3. The number of carbonyl (C=O) groups is 1. The van der Waals surface area contributed by atoms with Crippen LogP contribution in [0.3, 0.4) is 0 Å². The summed E-state index contributed by atoms with van der Waals surface area (Å²) in [5.74, 6) is 1.20. The lowest BCUT2D eigenvalue weighted by Gasteiger charge is -2.15. The molecule has 0 unspecified atom stereocenters. The Morgan fingerprint density at radius 1 is 1.63 bits per heavy atom. The molecule has 0 aromatic carbocycles. The molecule has 106 valence electrons. The molecule has 0 bridgehead atoms. The molecule has 1 aromatic rings. The van der Waals surface area contributed by atoms with E-state index in [2.05, 4.69) is 24.3 Å². The van der Waals surface area contributed by atoms with E-state index in [1.54, 1.807) is 11.0 Å². The van der Waals surface area contributed by atoms with E-state index in [4.69, 9.17) is 0 Å². The number of aromatic nitrogens is 2. The van der Waals surface area contributed by atoms with Crippen molar-refractivity contribution < 1.29 is 9.90 Å². The van der Waals surface area contributed by atoms with Crippen LogP contribution in [-0.2, 0) is 6.54 Å². The van der Waals surface area contributed by atoms with E-state index in [-0.39, 0.29) is 6.03 Å². The Morgan fingerprint density at radius 3 is 3.05 bits per heavy atom. The van der Waals surface area contributed by atoms with Crippen LogP contribution in [0.25, 0.3) is 0 Å². The van der Waals surface area contributed by atoms with Gasteiger partial charge in [-0.15, -0.1) is 0 Å². The molecule has 1 saturated heterocycles. The van der Waals surface area contributed by atoms with Crippen molar-refractivity contribution in [1.29, 1.82) is 0 Å². The van der Waals surface area contributed by atoms with Crippen LogP contribution in [0.2, 0.25) is 0 Å². The molecule has 0 spiro atoms. The number of amides is 2. The molecule has 2 heterocycles. The third-order valence-corrected chi connectivity index (χ3v) is 3.26. The number of nitrogens with one attached hydrogen (secondary N) is 1. The summed E-state index contributed by atoms with van der Waals surface area (Å²) in [6, 6.07) is 1.61. The minimum atomic E-state index is -0.394. The van der Waals surface area contributed by atoms with E-state index in [1.807, 2.05) is 10.9 Å². The molecule has 1 fully saturated rings. The zero-order chi connectivity index (χ0) is 13.8. The van der Waals surface area contributed by atoms with Crippen LogP contribution in [-0.4, -0.2) is 45.0 Å². The molecule has 1 atom stereocenters. The molecule has 0 aliphatic carbocycles. The van der Waals surface area contributed by atoms with Crippen LogP contribution in [0.5, 0.6) is 0 Å². The van der Waals surface area contributed by atoms with Crippen molar-refractivity contribution in [1.82, 2.24) is 14.7 Å². The maximum absolute atomic E-state index is 11.9. The second kappa shape index (κ2) is 6.06. The van der Waals surface area contributed by atoms with Gasteiger partial charge in [0.2, 0.25) is 0 Å². The summed E-state index contributed by atoms with van der Waals surface area (Å²) in [6.07, 6.45) is 3.19. The third kappa shape index (κ3) is 3.96. The van der Waals surface area contributed by atoms with Crippen molar-refractivity contribution in [3.05, 3.63) is 12.3 Å². The largest absolute Gasteiger partial charge is 0.391 e. The summed E-state index contributed by atoms with van der Waals surface area (Å²) in [5, 5.41) is 16.5. The first-order chi connectivity index (χ1) is 9.04. The van der Waals surface area contributed by atoms with Gasteiger partial charge in [0.1, 0.15) is 0 Å². The average Bonchev–Trinajstić information content (AvgIpc) is 2.95. The quantitative estimate of drug-likeness (QED) is 0.868. The molecule has 2 amide bonds. The standard InChI is InChI=1S/C13H22N4O2/c1-10(2)3-7-17-8-5-12(15-17)14-13(19)16-6-4-11(18)9-16/h5,8,10-11,18H,3-4,6-7,9H2,1-2H3,(H,14,15,19)/t11-/m1/s1. The van der Waals surface area contributed by atoms with Gasteiger partial charge in [-0.3, -0.25) is 10.00 Å². The van der Waals surface area contributed by atoms with Crippen molar-refractivity contribution in [2.24, 2.45) is 5.92 Å². The molecule has 2 rings (SSSR count). The first kappa shape index (κ1) is 13.9. The smallest absolute Gasteiger partial charge is 0.323 e. The molecular weight excluding hydrogens is 244 g/mol. The predicted molar refractivity (Wildman–Crippen MR) is 72.9 cm³/mol. The fourth-order valence-corrected chi connectivity index (χ4v) is 2.06. The summed E-state index contributed by atoms with van der Waals surface area (Å²) < 4.78 is 1.84. The van der Waals surface area contributed by atoms with Crippen LogP contribution >= 0.6 is 0 Å². The highest BCUT2D eigenvalue weighted by atomic mass is 16.3. The maximum Gasteiger partial charge on any atom is 0.323 e. The van der Waals surface area contributed by atoms with Crippen LogP contribution in [0.15, 0.2) is 12.3 Å². The molecule has 2 N–H and O–H groups in total. The van der Waals surface area contributed by atoms with Crippen LogP contribution in [0, 0.1) is 5.92 Å². The highest BCUT2D eigenvalue weighted by Gasteiger charge is 2.24. The highest BCUT2D eigenvalue weighted by Crippen LogP contribution is 2.12. The minimum Gasteiger partial charge on any atom is -0.391 e. The van der Waals surface area contributed by atoms with E-state index < -0.39 is 6.10 Å². The van der Waals surface area contributed by atoms with Crippen molar-refractivity contribution in [3.8, 4) is 0 Å². The van der Waals surface area contributed by atoms with Gasteiger partial charge < -0.3 is 10.0 Å². The van der Waals surface area contributed by atoms with Crippen LogP contribution < -0.4 is 5.32 Å². The first-order valence-electron chi connectivity index (χ1n) is 6.82. The SMILES string of the molecule is CC(C)CCn1ccc(NC(=O)N2CC[C@@H](O)C2)n1. The molecule has 0 saturated carbocycles. The fraction of sp³-hybridized carbons (Fsp3) is 0.692. The maximum atomic E-state index is 11.9. The summed E-state index contributed by atoms with van der Waals surface area (Å²) in [4.78, 5) is 13.5. The first-order valence-corrected chi connectivity index (χ1v) is 6.82. The highest BCUT2D eigenvalue weighted by molar-refractivity contribution is 5.88. The van der Waals surface area contributed by atoms with E-state index in [0.717, 1.165) is 13.0 Å². The van der Waals surface area contributed by atoms with Crippen molar-refractivity contribution in [2.75, 3.05) is 18.4 Å². The zero-order valence-electron chi connectivity index (χ0n) is 11.5. The summed E-state index contributed by atoms with van der Waals surface area (Å²) in [5.41, 5.74) is 0. The summed E-state index contributed by atoms with van der Waals surface area (Å²) in [7, 11) is 0.